The van der Waals surface area contributed by atoms with Crippen LogP contribution in [0.3, 0.4) is 0 Å². The number of nitrogens with zero attached hydrogens (tertiary/aromatic N) is 7. The maximum Gasteiger partial charge on any atom is 0.263 e. The summed E-state index contributed by atoms with van der Waals surface area (Å²) in [6.07, 6.45) is 1.59. The average molecular weight is 449 g/mol. The number of H-pyrrole nitrogens is 1. The molecule has 4 heterocycles. The molecule has 33 heavy (non-hydrogen) atoms. The van der Waals surface area contributed by atoms with E-state index in [9.17, 15) is 4.79 Å². The smallest absolute Gasteiger partial charge is 0.263 e. The van der Waals surface area contributed by atoms with Crippen molar-refractivity contribution in [2.24, 2.45) is 0 Å². The number of hydrogen-bond donors (Lipinski definition) is 1. The van der Waals surface area contributed by atoms with Gasteiger partial charge in [0.1, 0.15) is 5.39 Å². The molecule has 4 aromatic rings. The zero-order valence-corrected chi connectivity index (χ0v) is 19.4. The van der Waals surface area contributed by atoms with Crippen LogP contribution >= 0.6 is 0 Å². The van der Waals surface area contributed by atoms with Gasteiger partial charge in [-0.2, -0.15) is 15.1 Å². The van der Waals surface area contributed by atoms with Crippen molar-refractivity contribution >= 4 is 17.0 Å². The summed E-state index contributed by atoms with van der Waals surface area (Å²) in [4.78, 5) is 29.2. The van der Waals surface area contributed by atoms with Gasteiger partial charge in [-0.3, -0.25) is 14.7 Å². The number of rotatable bonds is 4. The summed E-state index contributed by atoms with van der Waals surface area (Å²) in [6, 6.07) is 8.01. The van der Waals surface area contributed by atoms with E-state index in [1.54, 1.807) is 10.9 Å². The highest BCUT2D eigenvalue weighted by atomic mass is 16.5. The number of hydrogen-bond acceptors (Lipinski definition) is 8. The van der Waals surface area contributed by atoms with E-state index in [1.807, 2.05) is 52.0 Å². The van der Waals surface area contributed by atoms with Crippen molar-refractivity contribution < 1.29 is 4.52 Å². The van der Waals surface area contributed by atoms with Gasteiger partial charge in [0.05, 0.1) is 18.3 Å². The minimum Gasteiger partial charge on any atom is -0.340 e. The fraction of sp³-hybridized carbons (Fsp3) is 0.435. The highest BCUT2D eigenvalue weighted by Gasteiger charge is 2.24. The predicted molar refractivity (Wildman–Crippen MR) is 125 cm³/mol. The molecule has 3 aromatic heterocycles. The Labute approximate surface area is 191 Å². The lowest BCUT2D eigenvalue weighted by molar-refractivity contribution is 0.214. The van der Waals surface area contributed by atoms with Crippen LogP contribution in [-0.2, 0) is 12.1 Å². The van der Waals surface area contributed by atoms with Crippen LogP contribution in [0, 0.1) is 6.92 Å². The van der Waals surface area contributed by atoms with Crippen LogP contribution in [0.25, 0.3) is 22.4 Å². The molecule has 10 nitrogen and oxygen atoms in total. The topological polar surface area (TPSA) is 109 Å². The van der Waals surface area contributed by atoms with Crippen molar-refractivity contribution in [3.63, 3.8) is 0 Å². The summed E-state index contributed by atoms with van der Waals surface area (Å²) in [7, 11) is 0. The molecular formula is C23H28N8O2. The lowest BCUT2D eigenvalue weighted by Crippen LogP contribution is -2.47. The molecule has 1 aromatic carbocycles. The van der Waals surface area contributed by atoms with Crippen LogP contribution in [0.15, 0.2) is 39.8 Å². The van der Waals surface area contributed by atoms with Gasteiger partial charge in [-0.05, 0) is 33.3 Å². The third-order valence-electron chi connectivity index (χ3n) is 5.95. The quantitative estimate of drug-likeness (QED) is 0.507. The minimum absolute atomic E-state index is 0.164. The Bertz CT molecular complexity index is 1340. The Hall–Kier alpha value is -3.53. The summed E-state index contributed by atoms with van der Waals surface area (Å²) in [5, 5.41) is 9.05. The molecular weight excluding hydrogens is 420 g/mol. The highest BCUT2D eigenvalue weighted by Crippen LogP contribution is 2.22. The SMILES string of the molecule is Cc1ccccc1-c1noc(CN2CCN(c3nc4c(cnn4C(C)(C)C)c(=O)[nH]3)CC2)n1. The number of fused-ring (bicyclic) bond motifs is 1. The van der Waals surface area contributed by atoms with Crippen molar-refractivity contribution in [3.8, 4) is 11.4 Å². The highest BCUT2D eigenvalue weighted by molar-refractivity contribution is 5.74. The van der Waals surface area contributed by atoms with Crippen molar-refractivity contribution in [1.29, 1.82) is 0 Å². The monoisotopic (exact) mass is 448 g/mol. The third-order valence-corrected chi connectivity index (χ3v) is 5.95. The van der Waals surface area contributed by atoms with Gasteiger partial charge in [0.25, 0.3) is 5.56 Å². The second-order valence-electron chi connectivity index (χ2n) is 9.44. The zero-order chi connectivity index (χ0) is 23.2. The normalized spacial score (nSPS) is 15.5. The van der Waals surface area contributed by atoms with Gasteiger partial charge in [-0.1, -0.05) is 29.4 Å². The Morgan fingerprint density at radius 2 is 1.85 bits per heavy atom. The Balaban J connectivity index is 1.28. The van der Waals surface area contributed by atoms with Crippen LogP contribution in [0.4, 0.5) is 5.95 Å². The van der Waals surface area contributed by atoms with E-state index >= 15 is 0 Å². The van der Waals surface area contributed by atoms with Gasteiger partial charge in [-0.25, -0.2) is 4.68 Å². The molecule has 10 heteroatoms. The second-order valence-corrected chi connectivity index (χ2v) is 9.44. The molecule has 0 bridgehead atoms. The summed E-state index contributed by atoms with van der Waals surface area (Å²) in [6.45, 7) is 11.8. The number of benzene rings is 1. The van der Waals surface area contributed by atoms with E-state index < -0.39 is 0 Å². The van der Waals surface area contributed by atoms with Crippen molar-refractivity contribution in [2.75, 3.05) is 31.1 Å². The summed E-state index contributed by atoms with van der Waals surface area (Å²) >= 11 is 0. The van der Waals surface area contributed by atoms with Crippen LogP contribution in [-0.4, -0.2) is 61.0 Å². The first-order chi connectivity index (χ1) is 15.8. The summed E-state index contributed by atoms with van der Waals surface area (Å²) in [5.74, 6) is 1.80. The maximum absolute atomic E-state index is 12.6. The average Bonchev–Trinajstić information content (AvgIpc) is 3.42. The fourth-order valence-corrected chi connectivity index (χ4v) is 4.11. The molecule has 1 aliphatic heterocycles. The van der Waals surface area contributed by atoms with Gasteiger partial charge >= 0.3 is 0 Å². The van der Waals surface area contributed by atoms with E-state index in [4.69, 9.17) is 9.51 Å². The first-order valence-electron chi connectivity index (χ1n) is 11.1. The van der Waals surface area contributed by atoms with Crippen LogP contribution in [0.1, 0.15) is 32.2 Å². The van der Waals surface area contributed by atoms with Gasteiger partial charge in [0.2, 0.25) is 17.7 Å². The van der Waals surface area contributed by atoms with Crippen molar-refractivity contribution in [1.82, 2.24) is 34.8 Å². The molecule has 0 radical (unpaired) electrons. The maximum atomic E-state index is 12.6. The molecule has 0 unspecified atom stereocenters. The molecule has 1 fully saturated rings. The van der Waals surface area contributed by atoms with Crippen molar-refractivity contribution in [3.05, 3.63) is 52.3 Å². The Morgan fingerprint density at radius 3 is 2.58 bits per heavy atom. The number of anilines is 1. The van der Waals surface area contributed by atoms with Gasteiger partial charge in [0.15, 0.2) is 5.65 Å². The van der Waals surface area contributed by atoms with Crippen LogP contribution in [0.2, 0.25) is 0 Å². The fourth-order valence-electron chi connectivity index (χ4n) is 4.11. The van der Waals surface area contributed by atoms with E-state index in [0.29, 0.717) is 35.2 Å². The molecule has 1 N–H and O–H groups in total. The summed E-state index contributed by atoms with van der Waals surface area (Å²) < 4.78 is 7.31. The molecule has 0 atom stereocenters. The minimum atomic E-state index is -0.264. The molecule has 0 aliphatic carbocycles. The number of aryl methyl sites for hydroxylation is 1. The van der Waals surface area contributed by atoms with Crippen LogP contribution < -0.4 is 10.5 Å². The van der Waals surface area contributed by atoms with E-state index in [-0.39, 0.29) is 11.1 Å². The first kappa shape index (κ1) is 21.3. The first-order valence-corrected chi connectivity index (χ1v) is 11.1. The number of nitrogens with one attached hydrogen (secondary N) is 1. The lowest BCUT2D eigenvalue weighted by Gasteiger charge is -2.34. The zero-order valence-electron chi connectivity index (χ0n) is 19.4. The number of piperazine rings is 1. The molecule has 1 saturated heterocycles. The molecule has 0 amide bonds. The van der Waals surface area contributed by atoms with E-state index in [0.717, 1.165) is 37.3 Å². The molecule has 5 rings (SSSR count). The predicted octanol–water partition coefficient (Wildman–Crippen LogP) is 2.56. The third kappa shape index (κ3) is 4.13. The lowest BCUT2D eigenvalue weighted by atomic mass is 10.1. The molecule has 0 spiro atoms. The molecule has 1 aliphatic rings. The Kier molecular flexibility index (Phi) is 5.24. The second kappa shape index (κ2) is 8.11. The van der Waals surface area contributed by atoms with Gasteiger partial charge < -0.3 is 9.42 Å². The standard InChI is InChI=1S/C23H28N8O2/c1-15-7-5-6-8-16(15)19-25-18(33-28-19)14-29-9-11-30(12-10-29)22-26-20-17(21(32)27-22)13-24-31(20)23(2,3)4/h5-8,13H,9-12,14H2,1-4H3,(H,26,27,32). The summed E-state index contributed by atoms with van der Waals surface area (Å²) in [5.41, 5.74) is 2.28. The molecule has 0 saturated carbocycles. The number of aromatic amines is 1. The van der Waals surface area contributed by atoms with E-state index in [2.05, 4.69) is 30.0 Å². The number of aromatic nitrogens is 6. The van der Waals surface area contributed by atoms with Gasteiger partial charge in [-0.15, -0.1) is 0 Å². The van der Waals surface area contributed by atoms with Crippen LogP contribution in [0.5, 0.6) is 0 Å². The largest absolute Gasteiger partial charge is 0.340 e. The molecule has 172 valence electrons. The van der Waals surface area contributed by atoms with Crippen molar-refractivity contribution in [2.45, 2.75) is 39.8 Å². The van der Waals surface area contributed by atoms with Gasteiger partial charge in [0, 0.05) is 31.7 Å². The Morgan fingerprint density at radius 1 is 1.09 bits per heavy atom. The van der Waals surface area contributed by atoms with E-state index in [1.165, 1.54) is 0 Å².